The quantitative estimate of drug-likeness (QED) is 0.522. The maximum Gasteiger partial charge on any atom is 0.133 e. The average molecular weight is 342 g/mol. The fourth-order valence-electron chi connectivity index (χ4n) is 4.20. The number of aryl methyl sites for hydroxylation is 1. The maximum absolute atomic E-state index is 13.9. The second-order valence-electron chi connectivity index (χ2n) is 7.51. The Morgan fingerprint density at radius 3 is 1.92 bits per heavy atom. The highest BCUT2D eigenvalue weighted by atomic mass is 19.1. The van der Waals surface area contributed by atoms with Gasteiger partial charge in [0.1, 0.15) is 11.6 Å². The van der Waals surface area contributed by atoms with Crippen molar-refractivity contribution in [3.63, 3.8) is 0 Å². The normalized spacial score (nSPS) is 20.6. The molecule has 0 saturated heterocycles. The lowest BCUT2D eigenvalue weighted by Crippen LogP contribution is -2.15. The smallest absolute Gasteiger partial charge is 0.133 e. The van der Waals surface area contributed by atoms with Gasteiger partial charge in [-0.25, -0.2) is 8.78 Å². The van der Waals surface area contributed by atoms with Crippen LogP contribution >= 0.6 is 0 Å². The van der Waals surface area contributed by atoms with Gasteiger partial charge in [0.25, 0.3) is 0 Å². The first-order chi connectivity index (χ1) is 12.2. The van der Waals surface area contributed by atoms with Gasteiger partial charge in [-0.15, -0.1) is 0 Å². The van der Waals surface area contributed by atoms with Gasteiger partial charge in [0.2, 0.25) is 0 Å². The van der Waals surface area contributed by atoms with Crippen molar-refractivity contribution in [2.75, 3.05) is 0 Å². The molecule has 0 N–H and O–H groups in total. The molecule has 1 saturated carbocycles. The van der Waals surface area contributed by atoms with E-state index in [9.17, 15) is 8.78 Å². The summed E-state index contributed by atoms with van der Waals surface area (Å²) in [6.07, 6.45) is 10.5. The molecule has 0 spiro atoms. The van der Waals surface area contributed by atoms with Gasteiger partial charge in [-0.05, 0) is 47.9 Å². The Labute approximate surface area is 150 Å². The minimum atomic E-state index is -0.503. The molecule has 2 heteroatoms. The van der Waals surface area contributed by atoms with Crippen molar-refractivity contribution in [1.82, 2.24) is 0 Å². The standard InChI is InChI=1S/C23H28F2/c1-2-4-17-7-9-18(10-8-17)11-12-19-13-15-20(16-14-19)23-21(24)5-3-6-22(23)25/h3,5-6,13-18H,2,4,7-12H2,1H3. The molecule has 1 fully saturated rings. The lowest BCUT2D eigenvalue weighted by atomic mass is 9.78. The van der Waals surface area contributed by atoms with Crippen molar-refractivity contribution >= 4 is 0 Å². The van der Waals surface area contributed by atoms with Gasteiger partial charge in [0.05, 0.1) is 5.56 Å². The third-order valence-corrected chi connectivity index (χ3v) is 5.71. The first kappa shape index (κ1) is 18.1. The molecule has 25 heavy (non-hydrogen) atoms. The second-order valence-corrected chi connectivity index (χ2v) is 7.51. The highest BCUT2D eigenvalue weighted by Gasteiger charge is 2.20. The zero-order chi connectivity index (χ0) is 17.6. The molecule has 0 bridgehead atoms. The second kappa shape index (κ2) is 8.60. The predicted octanol–water partition coefficient (Wildman–Crippen LogP) is 7.17. The van der Waals surface area contributed by atoms with Crippen LogP contribution in [-0.2, 0) is 6.42 Å². The Morgan fingerprint density at radius 2 is 1.36 bits per heavy atom. The molecule has 2 aromatic carbocycles. The van der Waals surface area contributed by atoms with E-state index < -0.39 is 11.6 Å². The van der Waals surface area contributed by atoms with E-state index in [1.165, 1.54) is 68.7 Å². The van der Waals surface area contributed by atoms with Gasteiger partial charge in [-0.2, -0.15) is 0 Å². The SMILES string of the molecule is CCCC1CCC(CCc2ccc(-c3c(F)cccc3F)cc2)CC1. The number of hydrogen-bond acceptors (Lipinski definition) is 0. The van der Waals surface area contributed by atoms with Gasteiger partial charge >= 0.3 is 0 Å². The lowest BCUT2D eigenvalue weighted by Gasteiger charge is -2.28. The summed E-state index contributed by atoms with van der Waals surface area (Å²) in [7, 11) is 0. The summed E-state index contributed by atoms with van der Waals surface area (Å²) < 4.78 is 27.7. The monoisotopic (exact) mass is 342 g/mol. The number of rotatable bonds is 6. The van der Waals surface area contributed by atoms with E-state index >= 15 is 0 Å². The first-order valence-corrected chi connectivity index (χ1v) is 9.70. The summed E-state index contributed by atoms with van der Waals surface area (Å²) in [5.74, 6) is 0.793. The summed E-state index contributed by atoms with van der Waals surface area (Å²) in [6, 6.07) is 11.7. The van der Waals surface area contributed by atoms with Crippen molar-refractivity contribution in [2.24, 2.45) is 11.8 Å². The van der Waals surface area contributed by atoms with Crippen molar-refractivity contribution in [3.8, 4) is 11.1 Å². The Morgan fingerprint density at radius 1 is 0.800 bits per heavy atom. The molecule has 0 aromatic heterocycles. The fourth-order valence-corrected chi connectivity index (χ4v) is 4.20. The van der Waals surface area contributed by atoms with Gasteiger partial charge in [-0.3, -0.25) is 0 Å². The van der Waals surface area contributed by atoms with Crippen LogP contribution in [0.25, 0.3) is 11.1 Å². The highest BCUT2D eigenvalue weighted by Crippen LogP contribution is 2.34. The summed E-state index contributed by atoms with van der Waals surface area (Å²) in [6.45, 7) is 2.28. The molecule has 0 amide bonds. The van der Waals surface area contributed by atoms with Crippen LogP contribution in [-0.4, -0.2) is 0 Å². The molecule has 0 unspecified atom stereocenters. The third-order valence-electron chi connectivity index (χ3n) is 5.71. The topological polar surface area (TPSA) is 0 Å². The molecule has 0 heterocycles. The van der Waals surface area contributed by atoms with Crippen LogP contribution in [0.15, 0.2) is 42.5 Å². The van der Waals surface area contributed by atoms with Crippen LogP contribution in [0.1, 0.15) is 57.4 Å². The molecular formula is C23H28F2. The average Bonchev–Trinajstić information content (AvgIpc) is 2.62. The van der Waals surface area contributed by atoms with E-state index in [-0.39, 0.29) is 5.56 Å². The molecule has 2 aromatic rings. The van der Waals surface area contributed by atoms with E-state index in [4.69, 9.17) is 0 Å². The maximum atomic E-state index is 13.9. The molecule has 0 aliphatic heterocycles. The molecule has 1 aliphatic carbocycles. The largest absolute Gasteiger partial charge is 0.206 e. The number of benzene rings is 2. The van der Waals surface area contributed by atoms with Gasteiger partial charge in [0.15, 0.2) is 0 Å². The summed E-state index contributed by atoms with van der Waals surface area (Å²) in [4.78, 5) is 0. The molecule has 0 atom stereocenters. The van der Waals surface area contributed by atoms with Crippen molar-refractivity contribution in [1.29, 1.82) is 0 Å². The van der Waals surface area contributed by atoms with Crippen LogP contribution in [0.3, 0.4) is 0 Å². The van der Waals surface area contributed by atoms with Gasteiger partial charge in [-0.1, -0.05) is 75.8 Å². The van der Waals surface area contributed by atoms with Crippen LogP contribution in [0.5, 0.6) is 0 Å². The van der Waals surface area contributed by atoms with Crippen LogP contribution in [0, 0.1) is 23.5 Å². The first-order valence-electron chi connectivity index (χ1n) is 9.70. The van der Waals surface area contributed by atoms with Crippen LogP contribution in [0.2, 0.25) is 0 Å². The molecule has 1 aliphatic rings. The zero-order valence-corrected chi connectivity index (χ0v) is 15.1. The minimum absolute atomic E-state index is 0.0725. The fraction of sp³-hybridized carbons (Fsp3) is 0.478. The van der Waals surface area contributed by atoms with Gasteiger partial charge < -0.3 is 0 Å². The Kier molecular flexibility index (Phi) is 6.23. The Hall–Kier alpha value is -1.70. The highest BCUT2D eigenvalue weighted by molar-refractivity contribution is 5.65. The Balaban J connectivity index is 1.55. The van der Waals surface area contributed by atoms with Gasteiger partial charge in [0, 0.05) is 0 Å². The van der Waals surface area contributed by atoms with Crippen LogP contribution < -0.4 is 0 Å². The van der Waals surface area contributed by atoms with E-state index in [2.05, 4.69) is 6.92 Å². The van der Waals surface area contributed by atoms with E-state index in [1.54, 1.807) is 0 Å². The number of halogens is 2. The minimum Gasteiger partial charge on any atom is -0.206 e. The molecule has 0 nitrogen and oxygen atoms in total. The number of hydrogen-bond donors (Lipinski definition) is 0. The van der Waals surface area contributed by atoms with Crippen molar-refractivity contribution in [2.45, 2.75) is 58.3 Å². The lowest BCUT2D eigenvalue weighted by molar-refractivity contribution is 0.252. The van der Waals surface area contributed by atoms with E-state index in [1.807, 2.05) is 24.3 Å². The predicted molar refractivity (Wildman–Crippen MR) is 100 cm³/mol. The van der Waals surface area contributed by atoms with Crippen molar-refractivity contribution < 1.29 is 8.78 Å². The Bertz CT molecular complexity index is 647. The van der Waals surface area contributed by atoms with Crippen LogP contribution in [0.4, 0.5) is 8.78 Å². The third kappa shape index (κ3) is 4.68. The zero-order valence-electron chi connectivity index (χ0n) is 15.1. The summed E-state index contributed by atoms with van der Waals surface area (Å²) in [5, 5.41) is 0. The molecule has 134 valence electrons. The van der Waals surface area contributed by atoms with Crippen molar-refractivity contribution in [3.05, 3.63) is 59.7 Å². The van der Waals surface area contributed by atoms with E-state index in [0.29, 0.717) is 5.56 Å². The molecular weight excluding hydrogens is 314 g/mol. The van der Waals surface area contributed by atoms with E-state index in [0.717, 1.165) is 18.3 Å². The molecule has 3 rings (SSSR count). The molecule has 0 radical (unpaired) electrons. The summed E-state index contributed by atoms with van der Waals surface area (Å²) in [5.41, 5.74) is 1.94. The summed E-state index contributed by atoms with van der Waals surface area (Å²) >= 11 is 0.